The van der Waals surface area contributed by atoms with Crippen molar-refractivity contribution in [2.45, 2.75) is 11.8 Å². The Balaban J connectivity index is 1.95. The molecule has 0 atom stereocenters. The van der Waals surface area contributed by atoms with E-state index in [2.05, 4.69) is 10.4 Å². The van der Waals surface area contributed by atoms with Gasteiger partial charge in [-0.3, -0.25) is 9.59 Å². The topological polar surface area (TPSA) is 107 Å². The Hall–Kier alpha value is -3.46. The number of ether oxygens (including phenoxy) is 1. The number of hydrogen-bond acceptors (Lipinski definition) is 6. The molecule has 0 bridgehead atoms. The number of amides is 1. The van der Waals surface area contributed by atoms with Gasteiger partial charge in [0.15, 0.2) is 15.5 Å². The van der Waals surface area contributed by atoms with Crippen molar-refractivity contribution in [2.24, 2.45) is 0 Å². The first kappa shape index (κ1) is 20.3. The molecule has 3 rings (SSSR count). The number of anilines is 1. The summed E-state index contributed by atoms with van der Waals surface area (Å²) < 4.78 is 29.9. The van der Waals surface area contributed by atoms with E-state index in [4.69, 9.17) is 4.74 Å². The van der Waals surface area contributed by atoms with Gasteiger partial charge in [0.25, 0.3) is 5.91 Å². The lowest BCUT2D eigenvalue weighted by Crippen LogP contribution is -2.26. The zero-order chi connectivity index (χ0) is 21.0. The van der Waals surface area contributed by atoms with Gasteiger partial charge in [-0.15, -0.1) is 0 Å². The summed E-state index contributed by atoms with van der Waals surface area (Å²) in [7, 11) is -3.35. The molecule has 1 N–H and O–H groups in total. The van der Waals surface area contributed by atoms with Crippen LogP contribution >= 0.6 is 0 Å². The molecule has 2 aromatic carbocycles. The van der Waals surface area contributed by atoms with Gasteiger partial charge in [-0.2, -0.15) is 5.10 Å². The molecule has 0 unspecified atom stereocenters. The minimum atomic E-state index is -3.35. The Morgan fingerprint density at radius 3 is 2.34 bits per heavy atom. The summed E-state index contributed by atoms with van der Waals surface area (Å²) in [6, 6.07) is 15.8. The minimum absolute atomic E-state index is 0.126. The van der Waals surface area contributed by atoms with E-state index in [9.17, 15) is 18.0 Å². The summed E-state index contributed by atoms with van der Waals surface area (Å²) in [6.07, 6.45) is 1.09. The quantitative estimate of drug-likeness (QED) is 0.664. The summed E-state index contributed by atoms with van der Waals surface area (Å²) in [5.74, 6) is -0.493. The first-order valence-electron chi connectivity index (χ1n) is 8.73. The first-order chi connectivity index (χ1) is 13.8. The van der Waals surface area contributed by atoms with Crippen LogP contribution < -0.4 is 15.5 Å². The van der Waals surface area contributed by atoms with Crippen molar-refractivity contribution in [3.05, 3.63) is 76.6 Å². The fourth-order valence-electron chi connectivity index (χ4n) is 2.58. The smallest absolute Gasteiger partial charge is 0.280 e. The maximum absolute atomic E-state index is 12.6. The molecule has 1 heterocycles. The van der Waals surface area contributed by atoms with Crippen molar-refractivity contribution in [2.75, 3.05) is 18.2 Å². The van der Waals surface area contributed by atoms with Gasteiger partial charge in [0, 0.05) is 11.9 Å². The van der Waals surface area contributed by atoms with Crippen molar-refractivity contribution in [3.63, 3.8) is 0 Å². The van der Waals surface area contributed by atoms with Crippen LogP contribution in [0.5, 0.6) is 5.88 Å². The van der Waals surface area contributed by atoms with E-state index in [1.54, 1.807) is 31.2 Å². The number of carbonyl (C=O) groups excluding carboxylic acids is 1. The van der Waals surface area contributed by atoms with Crippen LogP contribution in [0.15, 0.2) is 70.4 Å². The van der Waals surface area contributed by atoms with Gasteiger partial charge in [0.1, 0.15) is 0 Å². The van der Waals surface area contributed by atoms with Gasteiger partial charge in [0.2, 0.25) is 11.3 Å². The second-order valence-electron chi connectivity index (χ2n) is 6.13. The van der Waals surface area contributed by atoms with Crippen LogP contribution in [0, 0.1) is 0 Å². The van der Waals surface area contributed by atoms with Crippen molar-refractivity contribution in [1.29, 1.82) is 0 Å². The van der Waals surface area contributed by atoms with Crippen LogP contribution in [-0.2, 0) is 9.84 Å². The number of sulfone groups is 1. The Bertz CT molecular complexity index is 1190. The zero-order valence-corrected chi connectivity index (χ0v) is 16.6. The Morgan fingerprint density at radius 2 is 1.76 bits per heavy atom. The molecule has 0 fully saturated rings. The summed E-state index contributed by atoms with van der Waals surface area (Å²) in [6.45, 7) is 2.10. The second kappa shape index (κ2) is 8.27. The van der Waals surface area contributed by atoms with Crippen molar-refractivity contribution in [3.8, 4) is 11.6 Å². The van der Waals surface area contributed by atoms with E-state index in [0.29, 0.717) is 18.0 Å². The molecule has 0 saturated carbocycles. The van der Waals surface area contributed by atoms with E-state index in [0.717, 1.165) is 6.26 Å². The number of nitrogens with one attached hydrogen (secondary N) is 1. The van der Waals surface area contributed by atoms with Gasteiger partial charge < -0.3 is 10.1 Å². The summed E-state index contributed by atoms with van der Waals surface area (Å²) in [5, 5.41) is 6.74. The number of hydrogen-bond donors (Lipinski definition) is 1. The summed E-state index contributed by atoms with van der Waals surface area (Å²) in [5.41, 5.74) is 0.0571. The predicted octanol–water partition coefficient (Wildman–Crippen LogP) is 2.29. The third kappa shape index (κ3) is 4.69. The van der Waals surface area contributed by atoms with E-state index >= 15 is 0 Å². The molecule has 0 aliphatic carbocycles. The highest BCUT2D eigenvalue weighted by atomic mass is 32.2. The average molecular weight is 413 g/mol. The number of carbonyl (C=O) groups is 1. The molecule has 29 heavy (non-hydrogen) atoms. The normalized spacial score (nSPS) is 11.1. The first-order valence-corrected chi connectivity index (χ1v) is 10.6. The Morgan fingerprint density at radius 1 is 1.10 bits per heavy atom. The van der Waals surface area contributed by atoms with E-state index in [1.807, 2.05) is 6.07 Å². The number of benzene rings is 2. The van der Waals surface area contributed by atoms with Crippen LogP contribution in [0.4, 0.5) is 5.69 Å². The highest BCUT2D eigenvalue weighted by Gasteiger charge is 2.18. The van der Waals surface area contributed by atoms with E-state index in [1.165, 1.54) is 35.0 Å². The van der Waals surface area contributed by atoms with Crippen LogP contribution in [0.2, 0.25) is 0 Å². The highest BCUT2D eigenvalue weighted by molar-refractivity contribution is 7.90. The largest absolute Gasteiger partial charge is 0.478 e. The summed E-state index contributed by atoms with van der Waals surface area (Å²) >= 11 is 0. The van der Waals surface area contributed by atoms with E-state index < -0.39 is 21.2 Å². The molecule has 0 spiro atoms. The van der Waals surface area contributed by atoms with Gasteiger partial charge in [0.05, 0.1) is 23.3 Å². The molecule has 3 aromatic rings. The van der Waals surface area contributed by atoms with Crippen LogP contribution in [0.1, 0.15) is 17.4 Å². The molecule has 0 radical (unpaired) electrons. The number of rotatable bonds is 6. The van der Waals surface area contributed by atoms with Crippen molar-refractivity contribution in [1.82, 2.24) is 9.78 Å². The molecular weight excluding hydrogens is 394 g/mol. The van der Waals surface area contributed by atoms with Gasteiger partial charge in [-0.25, -0.2) is 13.1 Å². The third-order valence-corrected chi connectivity index (χ3v) is 5.07. The van der Waals surface area contributed by atoms with E-state index in [-0.39, 0.29) is 16.5 Å². The fraction of sp³-hybridized carbons (Fsp3) is 0.150. The third-order valence-electron chi connectivity index (χ3n) is 3.95. The monoisotopic (exact) mass is 413 g/mol. The number of aromatic nitrogens is 2. The van der Waals surface area contributed by atoms with Gasteiger partial charge in [-0.05, 0) is 43.3 Å². The van der Waals surface area contributed by atoms with Crippen LogP contribution in [-0.4, -0.2) is 37.0 Å². The second-order valence-corrected chi connectivity index (χ2v) is 8.14. The maximum Gasteiger partial charge on any atom is 0.280 e. The number of nitrogens with zero attached hydrogens (tertiary/aromatic N) is 2. The fourth-order valence-corrected chi connectivity index (χ4v) is 3.21. The van der Waals surface area contributed by atoms with Crippen molar-refractivity contribution >= 4 is 21.4 Å². The van der Waals surface area contributed by atoms with Crippen LogP contribution in [0.3, 0.4) is 0 Å². The van der Waals surface area contributed by atoms with Crippen LogP contribution in [0.25, 0.3) is 5.69 Å². The molecule has 9 heteroatoms. The molecular formula is C20H19N3O5S. The number of para-hydroxylation sites is 1. The molecule has 0 saturated heterocycles. The Labute approximate surface area is 167 Å². The molecule has 1 aromatic heterocycles. The molecule has 1 amide bonds. The SMILES string of the molecule is CCOc1cc(=O)c(C(=O)Nc2ccc(S(C)(=O)=O)cc2)nn1-c1ccccc1. The lowest BCUT2D eigenvalue weighted by Gasteiger charge is -2.13. The lowest BCUT2D eigenvalue weighted by molar-refractivity contribution is 0.101. The maximum atomic E-state index is 12.6. The predicted molar refractivity (Wildman–Crippen MR) is 109 cm³/mol. The Kier molecular flexibility index (Phi) is 5.79. The van der Waals surface area contributed by atoms with Gasteiger partial charge >= 0.3 is 0 Å². The highest BCUT2D eigenvalue weighted by Crippen LogP contribution is 2.17. The van der Waals surface area contributed by atoms with Gasteiger partial charge in [-0.1, -0.05) is 18.2 Å². The molecule has 150 valence electrons. The molecule has 8 nitrogen and oxygen atoms in total. The molecule has 0 aliphatic heterocycles. The van der Waals surface area contributed by atoms with Crippen molar-refractivity contribution < 1.29 is 17.9 Å². The molecule has 0 aliphatic rings. The zero-order valence-electron chi connectivity index (χ0n) is 15.8. The summed E-state index contributed by atoms with van der Waals surface area (Å²) in [4.78, 5) is 25.2. The average Bonchev–Trinajstić information content (AvgIpc) is 2.68. The minimum Gasteiger partial charge on any atom is -0.478 e. The standard InChI is InChI=1S/C20H19N3O5S/c1-3-28-18-13-17(24)19(22-23(18)15-7-5-4-6-8-15)20(25)21-14-9-11-16(12-10-14)29(2,26)27/h4-13H,3H2,1-2H3,(H,21,25). The lowest BCUT2D eigenvalue weighted by atomic mass is 10.3.